The zero-order chi connectivity index (χ0) is 27.0. The van der Waals surface area contributed by atoms with Gasteiger partial charge in [0.15, 0.2) is 11.6 Å². The lowest BCUT2D eigenvalue weighted by Crippen LogP contribution is -2.30. The Morgan fingerprint density at radius 1 is 0.842 bits per heavy atom. The van der Waals surface area contributed by atoms with Crippen molar-refractivity contribution < 1.29 is 14.4 Å². The van der Waals surface area contributed by atoms with Gasteiger partial charge in [-0.05, 0) is 56.6 Å². The highest BCUT2D eigenvalue weighted by Crippen LogP contribution is 2.28. The van der Waals surface area contributed by atoms with Crippen molar-refractivity contribution in [2.45, 2.75) is 13.0 Å². The molecule has 0 radical (unpaired) electrons. The smallest absolute Gasteiger partial charge is 0.261 e. The molecule has 10 heteroatoms. The number of hydrogen-bond acceptors (Lipinski definition) is 6. The number of halogens is 2. The predicted octanol–water partition coefficient (Wildman–Crippen LogP) is 4.71. The number of amides is 2. The van der Waals surface area contributed by atoms with Crippen molar-refractivity contribution >= 4 is 40.8 Å². The van der Waals surface area contributed by atoms with Gasteiger partial charge in [0, 0.05) is 34.1 Å². The molecule has 0 bridgehead atoms. The third-order valence-corrected chi connectivity index (χ3v) is 6.76. The number of fused-ring (bicyclic) bond motifs is 1. The van der Waals surface area contributed by atoms with Gasteiger partial charge in [-0.1, -0.05) is 47.5 Å². The first-order valence-corrected chi connectivity index (χ1v) is 12.6. The number of likely N-dealkylation sites (N-methyl/N-ethyl adjacent to an activating group) is 1. The summed E-state index contributed by atoms with van der Waals surface area (Å²) in [7, 11) is 3.88. The minimum absolute atomic E-state index is 0.116. The third-order valence-electron chi connectivity index (χ3n) is 6.29. The van der Waals surface area contributed by atoms with Crippen LogP contribution in [-0.2, 0) is 13.0 Å². The molecule has 0 spiro atoms. The monoisotopic (exact) mass is 547 g/mol. The summed E-state index contributed by atoms with van der Waals surface area (Å²) in [5.41, 5.74) is 1.89. The highest BCUT2D eigenvalue weighted by atomic mass is 35.5. The Kier molecular flexibility index (Phi) is 7.12. The standard InChI is InChI=1S/C28H23Cl2N5O3/c1-33(2)13-12-24-31-32-25(16-34-27(37)20-8-3-4-9-21(20)28(34)38)35(24)23-11-10-19(30)15-22(23)26(36)17-6-5-7-18(29)14-17/h3-11,14-15H,12-13,16H2,1-2H3. The first kappa shape index (κ1) is 25.8. The second-order valence-electron chi connectivity index (χ2n) is 9.16. The van der Waals surface area contributed by atoms with Gasteiger partial charge in [0.05, 0.1) is 23.4 Å². The minimum Gasteiger partial charge on any atom is -0.309 e. The van der Waals surface area contributed by atoms with Crippen molar-refractivity contribution in [2.75, 3.05) is 20.6 Å². The Balaban J connectivity index is 1.61. The average molecular weight is 548 g/mol. The molecule has 38 heavy (non-hydrogen) atoms. The van der Waals surface area contributed by atoms with Gasteiger partial charge in [-0.15, -0.1) is 10.2 Å². The van der Waals surface area contributed by atoms with Crippen LogP contribution in [0.2, 0.25) is 10.0 Å². The fourth-order valence-corrected chi connectivity index (χ4v) is 4.78. The molecule has 0 unspecified atom stereocenters. The van der Waals surface area contributed by atoms with Gasteiger partial charge in [-0.3, -0.25) is 23.9 Å². The van der Waals surface area contributed by atoms with Crippen LogP contribution < -0.4 is 0 Å². The largest absolute Gasteiger partial charge is 0.309 e. The van der Waals surface area contributed by atoms with E-state index in [0.717, 1.165) is 4.90 Å². The second-order valence-corrected chi connectivity index (χ2v) is 10.0. The number of ketones is 1. The maximum Gasteiger partial charge on any atom is 0.261 e. The number of carbonyl (C=O) groups is 3. The number of aromatic nitrogens is 3. The van der Waals surface area contributed by atoms with Crippen LogP contribution in [0.25, 0.3) is 5.69 Å². The van der Waals surface area contributed by atoms with Crippen molar-refractivity contribution in [3.8, 4) is 5.69 Å². The molecular weight excluding hydrogens is 525 g/mol. The fourth-order valence-electron chi connectivity index (χ4n) is 4.41. The normalized spacial score (nSPS) is 12.9. The first-order chi connectivity index (χ1) is 18.2. The lowest BCUT2D eigenvalue weighted by Gasteiger charge is -2.18. The summed E-state index contributed by atoms with van der Waals surface area (Å²) in [5, 5.41) is 9.56. The molecule has 1 aliphatic rings. The molecule has 4 aromatic rings. The van der Waals surface area contributed by atoms with E-state index in [2.05, 4.69) is 10.2 Å². The zero-order valence-corrected chi connectivity index (χ0v) is 22.2. The molecule has 8 nitrogen and oxygen atoms in total. The summed E-state index contributed by atoms with van der Waals surface area (Å²) in [6, 6.07) is 18.3. The molecule has 2 amide bonds. The topological polar surface area (TPSA) is 88.4 Å². The Morgan fingerprint density at radius 3 is 2.16 bits per heavy atom. The summed E-state index contributed by atoms with van der Waals surface area (Å²) < 4.78 is 1.74. The van der Waals surface area contributed by atoms with E-state index in [-0.39, 0.29) is 12.3 Å². The molecule has 2 heterocycles. The number of carbonyl (C=O) groups excluding carboxylic acids is 3. The molecule has 0 saturated heterocycles. The van der Waals surface area contributed by atoms with Crippen LogP contribution in [0.5, 0.6) is 0 Å². The van der Waals surface area contributed by atoms with E-state index in [1.807, 2.05) is 19.0 Å². The maximum atomic E-state index is 13.7. The Morgan fingerprint density at radius 2 is 1.50 bits per heavy atom. The van der Waals surface area contributed by atoms with E-state index >= 15 is 0 Å². The van der Waals surface area contributed by atoms with Gasteiger partial charge in [0.25, 0.3) is 11.8 Å². The van der Waals surface area contributed by atoms with Gasteiger partial charge in [-0.25, -0.2) is 0 Å². The maximum absolute atomic E-state index is 13.7. The second kappa shape index (κ2) is 10.5. The molecule has 192 valence electrons. The SMILES string of the molecule is CN(C)CCc1nnc(CN2C(=O)c3ccccc3C2=O)n1-c1ccc(Cl)cc1C(=O)c1cccc(Cl)c1. The average Bonchev–Trinajstić information content (AvgIpc) is 3.41. The van der Waals surface area contributed by atoms with Gasteiger partial charge < -0.3 is 4.90 Å². The number of rotatable bonds is 8. The van der Waals surface area contributed by atoms with Crippen LogP contribution in [0.3, 0.4) is 0 Å². The van der Waals surface area contributed by atoms with E-state index in [0.29, 0.717) is 62.6 Å². The Bertz CT molecular complexity index is 1550. The number of imide groups is 1. The summed E-state index contributed by atoms with van der Waals surface area (Å²) in [6.45, 7) is 0.547. The minimum atomic E-state index is -0.402. The number of hydrogen-bond donors (Lipinski definition) is 0. The first-order valence-electron chi connectivity index (χ1n) is 11.9. The fraction of sp³-hybridized carbons (Fsp3) is 0.179. The van der Waals surface area contributed by atoms with E-state index in [1.54, 1.807) is 71.3 Å². The van der Waals surface area contributed by atoms with Crippen molar-refractivity contribution in [3.05, 3.63) is 111 Å². The van der Waals surface area contributed by atoms with Gasteiger partial charge in [0.1, 0.15) is 5.82 Å². The van der Waals surface area contributed by atoms with E-state index < -0.39 is 11.8 Å². The molecule has 5 rings (SSSR count). The highest BCUT2D eigenvalue weighted by molar-refractivity contribution is 6.32. The lowest BCUT2D eigenvalue weighted by molar-refractivity contribution is 0.0637. The van der Waals surface area contributed by atoms with Crippen molar-refractivity contribution in [1.82, 2.24) is 24.6 Å². The van der Waals surface area contributed by atoms with Gasteiger partial charge >= 0.3 is 0 Å². The Hall–Kier alpha value is -3.85. The zero-order valence-electron chi connectivity index (χ0n) is 20.7. The molecule has 3 aromatic carbocycles. The van der Waals surface area contributed by atoms with Crippen LogP contribution in [0.1, 0.15) is 48.3 Å². The molecule has 0 atom stereocenters. The summed E-state index contributed by atoms with van der Waals surface area (Å²) in [4.78, 5) is 43.0. The summed E-state index contributed by atoms with van der Waals surface area (Å²) in [6.07, 6.45) is 0.509. The molecule has 1 aliphatic heterocycles. The molecule has 0 aliphatic carbocycles. The van der Waals surface area contributed by atoms with Crippen molar-refractivity contribution in [2.24, 2.45) is 0 Å². The predicted molar refractivity (Wildman–Crippen MR) is 144 cm³/mol. The van der Waals surface area contributed by atoms with Crippen molar-refractivity contribution in [3.63, 3.8) is 0 Å². The molecule has 1 aromatic heterocycles. The molecule has 0 fully saturated rings. The van der Waals surface area contributed by atoms with E-state index in [1.165, 1.54) is 0 Å². The van der Waals surface area contributed by atoms with E-state index in [4.69, 9.17) is 23.2 Å². The van der Waals surface area contributed by atoms with Crippen LogP contribution in [0, 0.1) is 0 Å². The molecule has 0 N–H and O–H groups in total. The lowest BCUT2D eigenvalue weighted by atomic mass is 10.0. The van der Waals surface area contributed by atoms with Crippen molar-refractivity contribution in [1.29, 1.82) is 0 Å². The van der Waals surface area contributed by atoms with Crippen LogP contribution >= 0.6 is 23.2 Å². The summed E-state index contributed by atoms with van der Waals surface area (Å²) >= 11 is 12.5. The quantitative estimate of drug-likeness (QED) is 0.234. The number of nitrogens with zero attached hydrogens (tertiary/aromatic N) is 5. The van der Waals surface area contributed by atoms with Gasteiger partial charge in [-0.2, -0.15) is 0 Å². The van der Waals surface area contributed by atoms with Crippen LogP contribution in [0.15, 0.2) is 66.7 Å². The Labute approximate surface area is 229 Å². The van der Waals surface area contributed by atoms with Crippen LogP contribution in [-0.4, -0.2) is 62.8 Å². The highest BCUT2D eigenvalue weighted by Gasteiger charge is 2.36. The van der Waals surface area contributed by atoms with Crippen LogP contribution in [0.4, 0.5) is 0 Å². The molecular formula is C28H23Cl2N5O3. The third kappa shape index (κ3) is 4.86. The molecule has 0 saturated carbocycles. The van der Waals surface area contributed by atoms with Gasteiger partial charge in [0.2, 0.25) is 0 Å². The number of benzene rings is 3. The van der Waals surface area contributed by atoms with E-state index in [9.17, 15) is 14.4 Å². The summed E-state index contributed by atoms with van der Waals surface area (Å²) in [5.74, 6) is -0.171.